The third-order valence-corrected chi connectivity index (χ3v) is 3.94. The molecule has 3 rings (SSSR count). The quantitative estimate of drug-likeness (QED) is 0.909. The molecule has 2 heterocycles. The lowest BCUT2D eigenvalue weighted by Gasteiger charge is -2.28. The van der Waals surface area contributed by atoms with Gasteiger partial charge in [-0.05, 0) is 38.0 Å². The molecule has 0 aliphatic carbocycles. The van der Waals surface area contributed by atoms with Crippen molar-refractivity contribution in [1.82, 2.24) is 15.1 Å². The fraction of sp³-hybridized carbons (Fsp3) is 0.412. The van der Waals surface area contributed by atoms with Crippen LogP contribution in [-0.2, 0) is 11.8 Å². The molecule has 23 heavy (non-hydrogen) atoms. The van der Waals surface area contributed by atoms with Crippen molar-refractivity contribution in [2.45, 2.75) is 31.9 Å². The Kier molecular flexibility index (Phi) is 4.62. The molecule has 2 aromatic rings. The van der Waals surface area contributed by atoms with Crippen LogP contribution in [0.3, 0.4) is 0 Å². The van der Waals surface area contributed by atoms with Crippen LogP contribution in [0.2, 0.25) is 0 Å². The van der Waals surface area contributed by atoms with E-state index in [1.54, 1.807) is 10.9 Å². The highest BCUT2D eigenvalue weighted by Gasteiger charge is 2.21. The van der Waals surface area contributed by atoms with Crippen molar-refractivity contribution in [3.05, 3.63) is 42.2 Å². The zero-order valence-corrected chi connectivity index (χ0v) is 13.5. The number of hydrogen-bond acceptors (Lipinski definition) is 4. The van der Waals surface area contributed by atoms with Gasteiger partial charge in [0.2, 0.25) is 0 Å². The Bertz CT molecular complexity index is 683. The molecule has 1 aliphatic rings. The number of anilines is 2. The Hall–Kier alpha value is -2.34. The van der Waals surface area contributed by atoms with Gasteiger partial charge in [-0.3, -0.25) is 9.48 Å². The predicted octanol–water partition coefficient (Wildman–Crippen LogP) is 2.46. The van der Waals surface area contributed by atoms with Gasteiger partial charge in [0.1, 0.15) is 0 Å². The van der Waals surface area contributed by atoms with Crippen molar-refractivity contribution < 1.29 is 9.53 Å². The summed E-state index contributed by atoms with van der Waals surface area (Å²) in [5.74, 6) is -0.0427. The van der Waals surface area contributed by atoms with E-state index < -0.39 is 0 Å². The van der Waals surface area contributed by atoms with Crippen LogP contribution in [0.4, 0.5) is 11.4 Å². The van der Waals surface area contributed by atoms with Gasteiger partial charge in [-0.25, -0.2) is 0 Å². The Morgan fingerprint density at radius 3 is 3.00 bits per heavy atom. The molecule has 6 nitrogen and oxygen atoms in total. The molecule has 0 saturated carbocycles. The second kappa shape index (κ2) is 6.83. The average molecular weight is 314 g/mol. The Morgan fingerprint density at radius 1 is 1.39 bits per heavy atom. The van der Waals surface area contributed by atoms with Crippen LogP contribution in [-0.4, -0.2) is 34.4 Å². The van der Waals surface area contributed by atoms with Gasteiger partial charge in [0.05, 0.1) is 18.0 Å². The number of nitrogens with zero attached hydrogens (tertiary/aromatic N) is 2. The molecule has 2 N–H and O–H groups in total. The van der Waals surface area contributed by atoms with E-state index in [2.05, 4.69) is 15.7 Å². The first-order valence-corrected chi connectivity index (χ1v) is 7.88. The zero-order chi connectivity index (χ0) is 16.2. The van der Waals surface area contributed by atoms with Gasteiger partial charge >= 0.3 is 0 Å². The molecule has 6 heteroatoms. The van der Waals surface area contributed by atoms with Crippen LogP contribution >= 0.6 is 0 Å². The topological polar surface area (TPSA) is 68.2 Å². The predicted molar refractivity (Wildman–Crippen MR) is 88.8 cm³/mol. The summed E-state index contributed by atoms with van der Waals surface area (Å²) in [4.78, 5) is 12.4. The molecular weight excluding hydrogens is 292 g/mol. The van der Waals surface area contributed by atoms with Crippen molar-refractivity contribution in [3.63, 3.8) is 0 Å². The molecule has 2 atom stereocenters. The molecule has 1 saturated heterocycles. The van der Waals surface area contributed by atoms with Crippen LogP contribution in [0.25, 0.3) is 0 Å². The lowest BCUT2D eigenvalue weighted by Crippen LogP contribution is -2.41. The van der Waals surface area contributed by atoms with E-state index in [0.29, 0.717) is 12.2 Å². The van der Waals surface area contributed by atoms with E-state index >= 15 is 0 Å². The van der Waals surface area contributed by atoms with Crippen molar-refractivity contribution in [2.75, 3.05) is 11.9 Å². The monoisotopic (exact) mass is 314 g/mol. The second-order valence-electron chi connectivity index (χ2n) is 5.98. The maximum Gasteiger partial charge on any atom is 0.251 e. The number of amides is 1. The summed E-state index contributed by atoms with van der Waals surface area (Å²) in [7, 11) is 1.87. The molecule has 1 fully saturated rings. The first kappa shape index (κ1) is 15.6. The first-order valence-electron chi connectivity index (χ1n) is 7.88. The van der Waals surface area contributed by atoms with Gasteiger partial charge in [0, 0.05) is 37.1 Å². The molecule has 1 amide bonds. The standard InChI is InChI=1S/C17H22N4O2/c1-12-8-15(6-7-23-12)20-17(22)13-4-3-5-14(9-13)19-16-10-18-21(2)11-16/h3-5,9-12,15,19H,6-8H2,1-2H3,(H,20,22)/t12-,15-/m1/s1. The van der Waals surface area contributed by atoms with E-state index in [9.17, 15) is 4.79 Å². The SMILES string of the molecule is C[C@@H]1C[C@H](NC(=O)c2cccc(Nc3cnn(C)c3)c2)CCO1. The number of ether oxygens (including phenoxy) is 1. The third kappa shape index (κ3) is 4.10. The fourth-order valence-electron chi connectivity index (χ4n) is 2.79. The Labute approximate surface area is 135 Å². The number of nitrogens with one attached hydrogen (secondary N) is 2. The summed E-state index contributed by atoms with van der Waals surface area (Å²) in [6.07, 6.45) is 5.56. The normalized spacial score (nSPS) is 21.0. The lowest BCUT2D eigenvalue weighted by molar-refractivity contribution is 0.0136. The number of carbonyl (C=O) groups excluding carboxylic acids is 1. The minimum atomic E-state index is -0.0427. The summed E-state index contributed by atoms with van der Waals surface area (Å²) in [6.45, 7) is 2.74. The van der Waals surface area contributed by atoms with Gasteiger partial charge in [0.15, 0.2) is 0 Å². The van der Waals surface area contributed by atoms with Crippen LogP contribution in [0.1, 0.15) is 30.1 Å². The number of carbonyl (C=O) groups is 1. The fourth-order valence-corrected chi connectivity index (χ4v) is 2.79. The largest absolute Gasteiger partial charge is 0.378 e. The zero-order valence-electron chi connectivity index (χ0n) is 13.5. The van der Waals surface area contributed by atoms with Crippen LogP contribution in [0.15, 0.2) is 36.7 Å². The van der Waals surface area contributed by atoms with Crippen LogP contribution < -0.4 is 10.6 Å². The summed E-state index contributed by atoms with van der Waals surface area (Å²) in [5.41, 5.74) is 2.41. The second-order valence-corrected chi connectivity index (χ2v) is 5.98. The van der Waals surface area contributed by atoms with E-state index in [4.69, 9.17) is 4.74 Å². The minimum absolute atomic E-state index is 0.0427. The first-order chi connectivity index (χ1) is 11.1. The van der Waals surface area contributed by atoms with E-state index in [1.807, 2.05) is 44.4 Å². The maximum absolute atomic E-state index is 12.4. The summed E-state index contributed by atoms with van der Waals surface area (Å²) >= 11 is 0. The van der Waals surface area contributed by atoms with Gasteiger partial charge in [-0.15, -0.1) is 0 Å². The van der Waals surface area contributed by atoms with Gasteiger partial charge < -0.3 is 15.4 Å². The molecule has 1 aliphatic heterocycles. The molecule has 122 valence electrons. The number of aromatic nitrogens is 2. The molecule has 1 aromatic carbocycles. The number of rotatable bonds is 4. The maximum atomic E-state index is 12.4. The summed E-state index contributed by atoms with van der Waals surface area (Å²) < 4.78 is 7.24. The molecule has 0 bridgehead atoms. The van der Waals surface area contributed by atoms with Crippen molar-refractivity contribution in [1.29, 1.82) is 0 Å². The van der Waals surface area contributed by atoms with Crippen molar-refractivity contribution >= 4 is 17.3 Å². The molecule has 0 radical (unpaired) electrons. The van der Waals surface area contributed by atoms with Gasteiger partial charge in [-0.1, -0.05) is 6.07 Å². The third-order valence-electron chi connectivity index (χ3n) is 3.94. The van der Waals surface area contributed by atoms with Gasteiger partial charge in [-0.2, -0.15) is 5.10 Å². The van der Waals surface area contributed by atoms with E-state index in [1.165, 1.54) is 0 Å². The summed E-state index contributed by atoms with van der Waals surface area (Å²) in [5, 5.41) is 10.5. The molecular formula is C17H22N4O2. The molecule has 1 aromatic heterocycles. The lowest BCUT2D eigenvalue weighted by atomic mass is 10.0. The average Bonchev–Trinajstić information content (AvgIpc) is 2.92. The van der Waals surface area contributed by atoms with Crippen LogP contribution in [0, 0.1) is 0 Å². The van der Waals surface area contributed by atoms with Crippen molar-refractivity contribution in [2.24, 2.45) is 7.05 Å². The number of aryl methyl sites for hydroxylation is 1. The highest BCUT2D eigenvalue weighted by atomic mass is 16.5. The van der Waals surface area contributed by atoms with Crippen LogP contribution in [0.5, 0.6) is 0 Å². The van der Waals surface area contributed by atoms with Crippen molar-refractivity contribution in [3.8, 4) is 0 Å². The Balaban J connectivity index is 1.65. The number of benzene rings is 1. The van der Waals surface area contributed by atoms with Gasteiger partial charge in [0.25, 0.3) is 5.91 Å². The minimum Gasteiger partial charge on any atom is -0.378 e. The highest BCUT2D eigenvalue weighted by molar-refractivity contribution is 5.95. The molecule has 0 unspecified atom stereocenters. The number of hydrogen-bond donors (Lipinski definition) is 2. The Morgan fingerprint density at radius 2 is 2.26 bits per heavy atom. The molecule has 0 spiro atoms. The van der Waals surface area contributed by atoms with E-state index in [-0.39, 0.29) is 18.1 Å². The smallest absolute Gasteiger partial charge is 0.251 e. The van der Waals surface area contributed by atoms with E-state index in [0.717, 1.165) is 24.2 Å². The summed E-state index contributed by atoms with van der Waals surface area (Å²) in [6, 6.07) is 7.67. The highest BCUT2D eigenvalue weighted by Crippen LogP contribution is 2.18.